The van der Waals surface area contributed by atoms with E-state index in [0.717, 1.165) is 28.8 Å². The smallest absolute Gasteiger partial charge is 0.136 e. The van der Waals surface area contributed by atoms with Crippen molar-refractivity contribution < 1.29 is 4.42 Å². The van der Waals surface area contributed by atoms with E-state index in [1.165, 1.54) is 5.56 Å². The zero-order valence-corrected chi connectivity index (χ0v) is 9.39. The standard InChI is InChI=1S/C15H13NO/c16-13-7-6-12-9-14(17-15(12)10-13)8-11-4-2-1-3-5-11/h1-7,9-10H,8,16H2. The third-order valence-corrected chi connectivity index (χ3v) is 2.82. The van der Waals surface area contributed by atoms with Crippen molar-refractivity contribution in [3.05, 3.63) is 65.9 Å². The molecule has 0 radical (unpaired) electrons. The highest BCUT2D eigenvalue weighted by molar-refractivity contribution is 5.81. The predicted molar refractivity (Wildman–Crippen MR) is 69.9 cm³/mol. The van der Waals surface area contributed by atoms with Gasteiger partial charge in [0.25, 0.3) is 0 Å². The van der Waals surface area contributed by atoms with Gasteiger partial charge in [-0.15, -0.1) is 0 Å². The Morgan fingerprint density at radius 3 is 2.59 bits per heavy atom. The molecule has 0 saturated carbocycles. The molecule has 0 aliphatic rings. The molecule has 2 nitrogen and oxygen atoms in total. The molecule has 0 aliphatic heterocycles. The second kappa shape index (κ2) is 3.98. The molecule has 0 bridgehead atoms. The van der Waals surface area contributed by atoms with Gasteiger partial charge < -0.3 is 10.2 Å². The molecule has 84 valence electrons. The number of hydrogen-bond acceptors (Lipinski definition) is 2. The Morgan fingerprint density at radius 1 is 0.941 bits per heavy atom. The van der Waals surface area contributed by atoms with E-state index < -0.39 is 0 Å². The molecule has 0 unspecified atom stereocenters. The fourth-order valence-electron chi connectivity index (χ4n) is 1.99. The lowest BCUT2D eigenvalue weighted by molar-refractivity contribution is 0.563. The van der Waals surface area contributed by atoms with E-state index in [1.54, 1.807) is 0 Å². The summed E-state index contributed by atoms with van der Waals surface area (Å²) in [6, 6.07) is 18.1. The van der Waals surface area contributed by atoms with Crippen LogP contribution in [-0.2, 0) is 6.42 Å². The van der Waals surface area contributed by atoms with Crippen LogP contribution in [0.2, 0.25) is 0 Å². The van der Waals surface area contributed by atoms with Crippen LogP contribution in [0.3, 0.4) is 0 Å². The van der Waals surface area contributed by atoms with Gasteiger partial charge in [0.2, 0.25) is 0 Å². The molecule has 0 amide bonds. The zero-order valence-electron chi connectivity index (χ0n) is 9.39. The average molecular weight is 223 g/mol. The maximum Gasteiger partial charge on any atom is 0.136 e. The molecular weight excluding hydrogens is 210 g/mol. The van der Waals surface area contributed by atoms with E-state index in [0.29, 0.717) is 0 Å². The van der Waals surface area contributed by atoms with Crippen molar-refractivity contribution in [3.8, 4) is 0 Å². The van der Waals surface area contributed by atoms with Gasteiger partial charge in [-0.25, -0.2) is 0 Å². The first-order valence-corrected chi connectivity index (χ1v) is 5.63. The number of fused-ring (bicyclic) bond motifs is 1. The van der Waals surface area contributed by atoms with Crippen molar-refractivity contribution in [2.24, 2.45) is 0 Å². The third kappa shape index (κ3) is 2.02. The van der Waals surface area contributed by atoms with Gasteiger partial charge in [0.1, 0.15) is 11.3 Å². The first-order chi connectivity index (χ1) is 8.31. The average Bonchev–Trinajstić information content (AvgIpc) is 2.71. The van der Waals surface area contributed by atoms with Crippen molar-refractivity contribution in [2.75, 3.05) is 5.73 Å². The number of rotatable bonds is 2. The van der Waals surface area contributed by atoms with Crippen molar-refractivity contribution in [1.82, 2.24) is 0 Å². The molecule has 0 fully saturated rings. The van der Waals surface area contributed by atoms with Gasteiger partial charge in [0.15, 0.2) is 0 Å². The fourth-order valence-corrected chi connectivity index (χ4v) is 1.99. The predicted octanol–water partition coefficient (Wildman–Crippen LogP) is 3.61. The normalized spacial score (nSPS) is 10.8. The minimum absolute atomic E-state index is 0.734. The van der Waals surface area contributed by atoms with Gasteiger partial charge in [0.05, 0.1) is 0 Å². The van der Waals surface area contributed by atoms with Crippen LogP contribution in [0.5, 0.6) is 0 Å². The first kappa shape index (κ1) is 9.97. The lowest BCUT2D eigenvalue weighted by atomic mass is 10.1. The molecular formula is C15H13NO. The Kier molecular flexibility index (Phi) is 2.33. The summed E-state index contributed by atoms with van der Waals surface area (Å²) < 4.78 is 5.77. The van der Waals surface area contributed by atoms with Crippen LogP contribution in [-0.4, -0.2) is 0 Å². The summed E-state index contributed by atoms with van der Waals surface area (Å²) >= 11 is 0. The van der Waals surface area contributed by atoms with Gasteiger partial charge in [-0.05, 0) is 23.8 Å². The highest BCUT2D eigenvalue weighted by Gasteiger charge is 2.04. The number of nitrogens with two attached hydrogens (primary N) is 1. The molecule has 1 aromatic heterocycles. The summed E-state index contributed by atoms with van der Waals surface area (Å²) in [4.78, 5) is 0. The quantitative estimate of drug-likeness (QED) is 0.674. The molecule has 2 N–H and O–H groups in total. The number of furan rings is 1. The van der Waals surface area contributed by atoms with E-state index in [9.17, 15) is 0 Å². The number of benzene rings is 2. The minimum Gasteiger partial charge on any atom is -0.461 e. The van der Waals surface area contributed by atoms with Gasteiger partial charge >= 0.3 is 0 Å². The van der Waals surface area contributed by atoms with E-state index >= 15 is 0 Å². The summed E-state index contributed by atoms with van der Waals surface area (Å²) in [7, 11) is 0. The van der Waals surface area contributed by atoms with Crippen LogP contribution >= 0.6 is 0 Å². The lowest BCUT2D eigenvalue weighted by Gasteiger charge is -1.96. The van der Waals surface area contributed by atoms with Crippen LogP contribution in [0.25, 0.3) is 11.0 Å². The van der Waals surface area contributed by atoms with Crippen LogP contribution in [0.15, 0.2) is 59.0 Å². The molecule has 17 heavy (non-hydrogen) atoms. The Hall–Kier alpha value is -2.22. The number of anilines is 1. The topological polar surface area (TPSA) is 39.2 Å². The Bertz CT molecular complexity index is 640. The van der Waals surface area contributed by atoms with Crippen LogP contribution in [0.4, 0.5) is 5.69 Å². The van der Waals surface area contributed by atoms with Crippen LogP contribution in [0.1, 0.15) is 11.3 Å². The zero-order chi connectivity index (χ0) is 11.7. The van der Waals surface area contributed by atoms with Crippen molar-refractivity contribution in [3.63, 3.8) is 0 Å². The second-order valence-electron chi connectivity index (χ2n) is 4.17. The van der Waals surface area contributed by atoms with E-state index in [-0.39, 0.29) is 0 Å². The summed E-state index contributed by atoms with van der Waals surface area (Å²) in [5.74, 6) is 0.969. The third-order valence-electron chi connectivity index (χ3n) is 2.82. The van der Waals surface area contributed by atoms with E-state index in [2.05, 4.69) is 18.2 Å². The van der Waals surface area contributed by atoms with Gasteiger partial charge in [-0.2, -0.15) is 0 Å². The van der Waals surface area contributed by atoms with E-state index in [4.69, 9.17) is 10.2 Å². The molecule has 3 rings (SSSR count). The molecule has 0 spiro atoms. The van der Waals surface area contributed by atoms with Crippen LogP contribution < -0.4 is 5.73 Å². The van der Waals surface area contributed by atoms with Gasteiger partial charge in [-0.3, -0.25) is 0 Å². The summed E-state index contributed by atoms with van der Waals surface area (Å²) in [5.41, 5.74) is 8.57. The molecule has 0 saturated heterocycles. The van der Waals surface area contributed by atoms with Crippen molar-refractivity contribution >= 4 is 16.7 Å². The maximum absolute atomic E-state index is 5.77. The summed E-state index contributed by atoms with van der Waals surface area (Å²) in [6.07, 6.45) is 0.815. The molecule has 1 heterocycles. The Labute approximate surface area is 99.7 Å². The lowest BCUT2D eigenvalue weighted by Crippen LogP contribution is -1.83. The Morgan fingerprint density at radius 2 is 1.76 bits per heavy atom. The van der Waals surface area contributed by atoms with E-state index in [1.807, 2.05) is 36.4 Å². The molecule has 3 aromatic rings. The highest BCUT2D eigenvalue weighted by Crippen LogP contribution is 2.23. The van der Waals surface area contributed by atoms with Gasteiger partial charge in [-0.1, -0.05) is 30.3 Å². The summed E-state index contributed by atoms with van der Waals surface area (Å²) in [6.45, 7) is 0. The molecule has 2 heteroatoms. The number of hydrogen-bond donors (Lipinski definition) is 1. The minimum atomic E-state index is 0.734. The Balaban J connectivity index is 1.96. The second-order valence-corrected chi connectivity index (χ2v) is 4.17. The van der Waals surface area contributed by atoms with Crippen molar-refractivity contribution in [1.29, 1.82) is 0 Å². The number of nitrogen functional groups attached to an aromatic ring is 1. The highest BCUT2D eigenvalue weighted by atomic mass is 16.3. The molecule has 0 aliphatic carbocycles. The maximum atomic E-state index is 5.77. The van der Waals surface area contributed by atoms with Gasteiger partial charge in [0, 0.05) is 23.6 Å². The molecule has 2 aromatic carbocycles. The van der Waals surface area contributed by atoms with Crippen LogP contribution in [0, 0.1) is 0 Å². The fraction of sp³-hybridized carbons (Fsp3) is 0.0667. The SMILES string of the molecule is Nc1ccc2cc(Cc3ccccc3)oc2c1. The largest absolute Gasteiger partial charge is 0.461 e. The van der Waals surface area contributed by atoms with Crippen molar-refractivity contribution in [2.45, 2.75) is 6.42 Å². The first-order valence-electron chi connectivity index (χ1n) is 5.63. The monoisotopic (exact) mass is 223 g/mol. The summed E-state index contributed by atoms with van der Waals surface area (Å²) in [5, 5.41) is 1.10. The molecule has 0 atom stereocenters.